The maximum atomic E-state index is 12.4. The number of halogens is 1. The van der Waals surface area contributed by atoms with Gasteiger partial charge in [0.2, 0.25) is 0 Å². The Hall–Kier alpha value is -3.91. The van der Waals surface area contributed by atoms with Gasteiger partial charge < -0.3 is 14.3 Å². The number of nitrogens with one attached hydrogen (secondary N) is 1. The smallest absolute Gasteiger partial charge is 0.343 e. The molecule has 0 unspecified atom stereocenters. The number of esters is 1. The number of aliphatic imine (C=N–C) groups is 1. The van der Waals surface area contributed by atoms with Crippen molar-refractivity contribution in [3.8, 4) is 11.5 Å². The van der Waals surface area contributed by atoms with E-state index in [1.165, 1.54) is 18.2 Å². The number of amidine groups is 2. The molecule has 2 heterocycles. The van der Waals surface area contributed by atoms with Gasteiger partial charge >= 0.3 is 5.97 Å². The van der Waals surface area contributed by atoms with Crippen molar-refractivity contribution in [3.05, 3.63) is 76.0 Å². The zero-order valence-corrected chi connectivity index (χ0v) is 17.3. The summed E-state index contributed by atoms with van der Waals surface area (Å²) in [6.45, 7) is 1.71. The van der Waals surface area contributed by atoms with Crippen molar-refractivity contribution in [1.29, 1.82) is 5.41 Å². The number of rotatable bonds is 4. The molecule has 0 spiro atoms. The van der Waals surface area contributed by atoms with E-state index in [1.54, 1.807) is 55.5 Å². The number of amides is 1. The molecule has 4 rings (SSSR count). The molecule has 31 heavy (non-hydrogen) atoms. The van der Waals surface area contributed by atoms with E-state index in [4.69, 9.17) is 31.3 Å². The number of nitrogens with zero attached hydrogens (tertiary/aromatic N) is 2. The molecule has 2 aliphatic rings. The monoisotopic (exact) mass is 437 g/mol. The van der Waals surface area contributed by atoms with Crippen LogP contribution in [0.4, 0.5) is 0 Å². The number of fused-ring (bicyclic) bond motifs is 1. The summed E-state index contributed by atoms with van der Waals surface area (Å²) >= 11 is 5.84. The van der Waals surface area contributed by atoms with Gasteiger partial charge in [0.05, 0.1) is 18.2 Å². The van der Waals surface area contributed by atoms with Crippen molar-refractivity contribution in [2.45, 2.75) is 6.92 Å². The van der Waals surface area contributed by atoms with Crippen molar-refractivity contribution >= 4 is 41.2 Å². The van der Waals surface area contributed by atoms with Gasteiger partial charge in [0, 0.05) is 11.1 Å². The Morgan fingerprint density at radius 1 is 1.19 bits per heavy atom. The molecule has 156 valence electrons. The zero-order valence-electron chi connectivity index (χ0n) is 16.5. The lowest BCUT2D eigenvalue weighted by molar-refractivity contribution is -0.114. The molecule has 1 N–H and O–H groups in total. The summed E-state index contributed by atoms with van der Waals surface area (Å²) < 4.78 is 10.8. The maximum Gasteiger partial charge on any atom is 0.343 e. The van der Waals surface area contributed by atoms with Crippen molar-refractivity contribution in [2.24, 2.45) is 4.99 Å². The van der Waals surface area contributed by atoms with Crippen molar-refractivity contribution in [1.82, 2.24) is 5.06 Å². The molecular weight excluding hydrogens is 422 g/mol. The summed E-state index contributed by atoms with van der Waals surface area (Å²) in [4.78, 5) is 34.1. The maximum absolute atomic E-state index is 12.4. The summed E-state index contributed by atoms with van der Waals surface area (Å²) in [6, 6.07) is 11.1. The molecule has 1 amide bonds. The molecule has 8 nitrogen and oxygen atoms in total. The number of benzene rings is 2. The van der Waals surface area contributed by atoms with Crippen LogP contribution in [0, 0.1) is 5.41 Å². The molecule has 9 heteroatoms. The van der Waals surface area contributed by atoms with Gasteiger partial charge in [0.1, 0.15) is 5.76 Å². The molecule has 2 aromatic rings. The van der Waals surface area contributed by atoms with Gasteiger partial charge in [-0.2, -0.15) is 4.99 Å². The summed E-state index contributed by atoms with van der Waals surface area (Å²) in [5.74, 6) is 0.0468. The van der Waals surface area contributed by atoms with Crippen LogP contribution in [0.1, 0.15) is 22.8 Å². The Morgan fingerprint density at radius 2 is 1.94 bits per heavy atom. The van der Waals surface area contributed by atoms with Crippen LogP contribution in [-0.2, 0) is 9.63 Å². The molecule has 0 bridgehead atoms. The third-order valence-electron chi connectivity index (χ3n) is 4.46. The summed E-state index contributed by atoms with van der Waals surface area (Å²) in [7, 11) is 1.43. The fourth-order valence-corrected chi connectivity index (χ4v) is 3.10. The van der Waals surface area contributed by atoms with Crippen LogP contribution in [-0.4, -0.2) is 35.7 Å². The Balaban J connectivity index is 1.58. The van der Waals surface area contributed by atoms with Gasteiger partial charge in [-0.3, -0.25) is 10.2 Å². The fourth-order valence-electron chi connectivity index (χ4n) is 2.97. The molecule has 0 fully saturated rings. The van der Waals surface area contributed by atoms with E-state index in [2.05, 4.69) is 4.99 Å². The molecular formula is C22H16ClN3O5. The van der Waals surface area contributed by atoms with Crippen LogP contribution in [0.25, 0.3) is 6.08 Å². The number of ether oxygens (including phenoxy) is 2. The summed E-state index contributed by atoms with van der Waals surface area (Å²) in [6.07, 6.45) is 3.07. The average Bonchev–Trinajstić information content (AvgIpc) is 3.12. The van der Waals surface area contributed by atoms with Gasteiger partial charge in [0.15, 0.2) is 23.2 Å². The highest BCUT2D eigenvalue weighted by atomic mass is 35.5. The predicted molar refractivity (Wildman–Crippen MR) is 114 cm³/mol. The van der Waals surface area contributed by atoms with E-state index < -0.39 is 11.9 Å². The van der Waals surface area contributed by atoms with E-state index in [0.717, 1.165) is 0 Å². The molecule has 2 aliphatic heterocycles. The Morgan fingerprint density at radius 3 is 2.65 bits per heavy atom. The first-order valence-electron chi connectivity index (χ1n) is 9.11. The molecule has 2 aromatic carbocycles. The third-order valence-corrected chi connectivity index (χ3v) is 4.71. The largest absolute Gasteiger partial charge is 0.493 e. The van der Waals surface area contributed by atoms with Gasteiger partial charge in [-0.05, 0) is 55.0 Å². The lowest BCUT2D eigenvalue weighted by Gasteiger charge is -2.23. The van der Waals surface area contributed by atoms with E-state index in [-0.39, 0.29) is 28.7 Å². The minimum atomic E-state index is -0.568. The van der Waals surface area contributed by atoms with Crippen LogP contribution in [0.2, 0.25) is 5.02 Å². The second-order valence-electron chi connectivity index (χ2n) is 6.63. The predicted octanol–water partition coefficient (Wildman–Crippen LogP) is 4.02. The van der Waals surface area contributed by atoms with E-state index in [1.807, 2.05) is 0 Å². The number of methoxy groups -OCH3 is 1. The highest BCUT2D eigenvalue weighted by molar-refractivity contribution is 6.32. The SMILES string of the molecule is COc1cc(/C=C2\C(=N)N3OC(C)=CC3=NC2=O)ccc1OC(=O)c1ccc(Cl)cc1. The first kappa shape index (κ1) is 20.4. The Labute approximate surface area is 182 Å². The second kappa shape index (κ2) is 8.08. The standard InChI is InChI=1S/C22H16ClN3O5/c1-12-9-19-25-21(27)16(20(24)26(19)31-12)10-13-3-8-17(18(11-13)29-2)30-22(28)14-4-6-15(23)7-5-14/h3-11,24H,1-2H3/b16-10+,24-20?. The zero-order chi connectivity index (χ0) is 22.1. The van der Waals surface area contributed by atoms with Crippen molar-refractivity contribution in [3.63, 3.8) is 0 Å². The Kier molecular flexibility index (Phi) is 5.31. The number of hydroxylamine groups is 2. The average molecular weight is 438 g/mol. The Bertz CT molecular complexity index is 1200. The van der Waals surface area contributed by atoms with E-state index >= 15 is 0 Å². The summed E-state index contributed by atoms with van der Waals surface area (Å²) in [5, 5.41) is 9.97. The third kappa shape index (κ3) is 4.06. The lowest BCUT2D eigenvalue weighted by Crippen LogP contribution is -2.38. The van der Waals surface area contributed by atoms with Gasteiger partial charge in [0.25, 0.3) is 5.91 Å². The van der Waals surface area contributed by atoms with Gasteiger partial charge in [-0.1, -0.05) is 17.7 Å². The van der Waals surface area contributed by atoms with Crippen LogP contribution in [0.5, 0.6) is 11.5 Å². The van der Waals surface area contributed by atoms with Crippen molar-refractivity contribution < 1.29 is 23.9 Å². The first-order chi connectivity index (χ1) is 14.9. The van der Waals surface area contributed by atoms with Gasteiger partial charge in [-0.15, -0.1) is 5.06 Å². The summed E-state index contributed by atoms with van der Waals surface area (Å²) in [5.41, 5.74) is 0.945. The second-order valence-corrected chi connectivity index (χ2v) is 7.07. The molecule has 0 saturated carbocycles. The first-order valence-corrected chi connectivity index (χ1v) is 9.49. The number of allylic oxidation sites excluding steroid dienone is 1. The van der Waals surface area contributed by atoms with Gasteiger partial charge in [-0.25, -0.2) is 4.79 Å². The molecule has 0 radical (unpaired) electrons. The molecule has 0 aliphatic carbocycles. The highest BCUT2D eigenvalue weighted by Crippen LogP contribution is 2.31. The minimum Gasteiger partial charge on any atom is -0.493 e. The number of carbonyl (C=O) groups excluding carboxylic acids is 2. The molecule has 0 saturated heterocycles. The van der Waals surface area contributed by atoms with Crippen LogP contribution in [0.3, 0.4) is 0 Å². The quantitative estimate of drug-likeness (QED) is 0.440. The van der Waals surface area contributed by atoms with E-state index in [0.29, 0.717) is 21.9 Å². The van der Waals surface area contributed by atoms with Crippen LogP contribution in [0.15, 0.2) is 64.9 Å². The molecule has 0 aromatic heterocycles. The highest BCUT2D eigenvalue weighted by Gasteiger charge is 2.34. The normalized spacial score (nSPS) is 16.5. The molecule has 0 atom stereocenters. The van der Waals surface area contributed by atoms with E-state index in [9.17, 15) is 9.59 Å². The minimum absolute atomic E-state index is 0.0554. The topological polar surface area (TPSA) is 101 Å². The number of hydrogen-bond acceptors (Lipinski definition) is 6. The number of hydrogen-bond donors (Lipinski definition) is 1. The lowest BCUT2D eigenvalue weighted by atomic mass is 10.1. The van der Waals surface area contributed by atoms with Crippen LogP contribution < -0.4 is 9.47 Å². The van der Waals surface area contributed by atoms with Crippen LogP contribution >= 0.6 is 11.6 Å². The fraction of sp³-hybridized carbons (Fsp3) is 0.0909. The van der Waals surface area contributed by atoms with Crippen molar-refractivity contribution in [2.75, 3.05) is 7.11 Å². The number of carbonyl (C=O) groups is 2.